The molecule has 7 heteroatoms. The number of carbonyl (C=O) groups is 1. The fourth-order valence-corrected chi connectivity index (χ4v) is 3.93. The van der Waals surface area contributed by atoms with Crippen LogP contribution in [0.15, 0.2) is 29.4 Å². The monoisotopic (exact) mass is 335 g/mol. The molecule has 0 aliphatic carbocycles. The van der Waals surface area contributed by atoms with Crippen LogP contribution in [0.4, 0.5) is 4.79 Å². The minimum absolute atomic E-state index is 0.122. The molecule has 6 nitrogen and oxygen atoms in total. The van der Waals surface area contributed by atoms with Crippen molar-refractivity contribution in [1.29, 1.82) is 0 Å². The molecule has 23 heavy (non-hydrogen) atoms. The molecule has 1 aliphatic rings. The largest absolute Gasteiger partial charge is 0.444 e. The lowest BCUT2D eigenvalue weighted by Gasteiger charge is -2.24. The average molecular weight is 335 g/mol. The summed E-state index contributed by atoms with van der Waals surface area (Å²) < 4.78 is 18.1. The topological polar surface area (TPSA) is 75.3 Å². The van der Waals surface area contributed by atoms with Crippen LogP contribution in [-0.2, 0) is 15.5 Å². The van der Waals surface area contributed by atoms with E-state index in [1.807, 2.05) is 45.0 Å². The minimum Gasteiger partial charge on any atom is -0.444 e. The summed E-state index contributed by atoms with van der Waals surface area (Å²) in [5.74, 6) is 0. The number of rotatable bonds is 2. The molecule has 1 N–H and O–H groups in total. The summed E-state index contributed by atoms with van der Waals surface area (Å²) in [5, 5.41) is 0.352. The van der Waals surface area contributed by atoms with Gasteiger partial charge in [-0.1, -0.05) is 12.1 Å². The molecule has 1 amide bonds. The van der Waals surface area contributed by atoms with E-state index in [1.54, 1.807) is 4.90 Å². The predicted octanol–water partition coefficient (Wildman–Crippen LogP) is 2.68. The maximum absolute atomic E-state index is 12.7. The van der Waals surface area contributed by atoms with Crippen LogP contribution in [0.1, 0.15) is 27.2 Å². The Morgan fingerprint density at radius 3 is 2.83 bits per heavy atom. The van der Waals surface area contributed by atoms with Gasteiger partial charge >= 0.3 is 6.09 Å². The summed E-state index contributed by atoms with van der Waals surface area (Å²) in [4.78, 5) is 21.2. The highest BCUT2D eigenvalue weighted by molar-refractivity contribution is 7.85. The van der Waals surface area contributed by atoms with Gasteiger partial charge in [0.2, 0.25) is 0 Å². The Morgan fingerprint density at radius 2 is 2.13 bits per heavy atom. The zero-order valence-corrected chi connectivity index (χ0v) is 14.4. The van der Waals surface area contributed by atoms with Crippen LogP contribution in [0.3, 0.4) is 0 Å². The van der Waals surface area contributed by atoms with Crippen LogP contribution in [0, 0.1) is 0 Å². The van der Waals surface area contributed by atoms with Crippen molar-refractivity contribution < 1.29 is 13.7 Å². The number of aromatic amines is 1. The Hall–Kier alpha value is -1.89. The van der Waals surface area contributed by atoms with Gasteiger partial charge in [-0.15, -0.1) is 0 Å². The SMILES string of the molecule is CC(C)(C)OC(=O)N1CC[C@@H]([S@@](=O)c2nc3ccccc3[nH]2)C1. The van der Waals surface area contributed by atoms with Gasteiger partial charge in [-0.3, -0.25) is 4.21 Å². The Kier molecular flexibility index (Phi) is 4.14. The van der Waals surface area contributed by atoms with Crippen LogP contribution >= 0.6 is 0 Å². The maximum atomic E-state index is 12.7. The van der Waals surface area contributed by atoms with Gasteiger partial charge in [-0.05, 0) is 39.3 Å². The van der Waals surface area contributed by atoms with E-state index in [0.29, 0.717) is 24.7 Å². The first kappa shape index (κ1) is 16.0. The third-order valence-electron chi connectivity index (χ3n) is 3.66. The van der Waals surface area contributed by atoms with Crippen molar-refractivity contribution >= 4 is 27.9 Å². The van der Waals surface area contributed by atoms with Gasteiger partial charge in [0, 0.05) is 13.1 Å². The van der Waals surface area contributed by atoms with E-state index in [9.17, 15) is 9.00 Å². The first-order valence-corrected chi connectivity index (χ1v) is 8.88. The van der Waals surface area contributed by atoms with Gasteiger partial charge in [0.05, 0.1) is 27.1 Å². The molecule has 0 unspecified atom stereocenters. The lowest BCUT2D eigenvalue weighted by molar-refractivity contribution is 0.0295. The fraction of sp³-hybridized carbons (Fsp3) is 0.500. The van der Waals surface area contributed by atoms with Crippen molar-refractivity contribution in [1.82, 2.24) is 14.9 Å². The number of hydrogen-bond acceptors (Lipinski definition) is 4. The van der Waals surface area contributed by atoms with E-state index >= 15 is 0 Å². The zero-order valence-electron chi connectivity index (χ0n) is 13.5. The molecule has 2 atom stereocenters. The highest BCUT2D eigenvalue weighted by Gasteiger charge is 2.34. The second-order valence-electron chi connectivity index (χ2n) is 6.69. The number of nitrogens with zero attached hydrogens (tertiary/aromatic N) is 2. The van der Waals surface area contributed by atoms with E-state index in [-0.39, 0.29) is 11.3 Å². The van der Waals surface area contributed by atoms with Crippen LogP contribution in [0.25, 0.3) is 11.0 Å². The van der Waals surface area contributed by atoms with Crippen molar-refractivity contribution in [2.45, 2.75) is 43.2 Å². The van der Waals surface area contributed by atoms with E-state index in [4.69, 9.17) is 4.74 Å². The Bertz CT molecular complexity index is 717. The standard InChI is InChI=1S/C16H21N3O3S/c1-16(2,3)22-15(20)19-9-8-11(10-19)23(21)14-17-12-6-4-5-7-13(12)18-14/h4-7,11H,8-10H2,1-3H3,(H,17,18)/t11-,23-/m1/s1. The molecule has 0 spiro atoms. The Balaban J connectivity index is 1.68. The molecular weight excluding hydrogens is 314 g/mol. The first-order valence-electron chi connectivity index (χ1n) is 7.67. The van der Waals surface area contributed by atoms with E-state index < -0.39 is 16.4 Å². The summed E-state index contributed by atoms with van der Waals surface area (Å²) in [5.41, 5.74) is 1.16. The summed E-state index contributed by atoms with van der Waals surface area (Å²) in [6.45, 7) is 6.51. The Labute approximate surface area is 137 Å². The number of amides is 1. The van der Waals surface area contributed by atoms with Crippen molar-refractivity contribution in [2.75, 3.05) is 13.1 Å². The second kappa shape index (κ2) is 5.96. The molecule has 1 aromatic heterocycles. The normalized spacial score (nSPS) is 20.0. The molecule has 1 saturated heterocycles. The van der Waals surface area contributed by atoms with Crippen molar-refractivity contribution in [3.05, 3.63) is 24.3 Å². The highest BCUT2D eigenvalue weighted by Crippen LogP contribution is 2.22. The lowest BCUT2D eigenvalue weighted by Crippen LogP contribution is -2.36. The summed E-state index contributed by atoms with van der Waals surface area (Å²) >= 11 is 0. The molecule has 124 valence electrons. The van der Waals surface area contributed by atoms with Crippen LogP contribution in [0.5, 0.6) is 0 Å². The second-order valence-corrected chi connectivity index (χ2v) is 8.34. The third kappa shape index (κ3) is 3.55. The number of nitrogens with one attached hydrogen (secondary N) is 1. The smallest absolute Gasteiger partial charge is 0.410 e. The van der Waals surface area contributed by atoms with Crippen molar-refractivity contribution in [3.8, 4) is 0 Å². The quantitative estimate of drug-likeness (QED) is 0.915. The van der Waals surface area contributed by atoms with E-state index in [0.717, 1.165) is 11.0 Å². The number of imidazole rings is 1. The lowest BCUT2D eigenvalue weighted by atomic mass is 10.2. The third-order valence-corrected chi connectivity index (χ3v) is 5.22. The molecule has 2 aromatic rings. The van der Waals surface area contributed by atoms with Gasteiger partial charge in [-0.25, -0.2) is 9.78 Å². The molecule has 1 aromatic carbocycles. The van der Waals surface area contributed by atoms with Crippen LogP contribution in [0.2, 0.25) is 0 Å². The predicted molar refractivity (Wildman–Crippen MR) is 88.7 cm³/mol. The summed E-state index contributed by atoms with van der Waals surface area (Å²) in [6.07, 6.45) is 0.338. The highest BCUT2D eigenvalue weighted by atomic mass is 32.2. The van der Waals surface area contributed by atoms with Gasteiger partial charge in [0.15, 0.2) is 5.16 Å². The van der Waals surface area contributed by atoms with Gasteiger partial charge in [0.25, 0.3) is 0 Å². The number of para-hydroxylation sites is 2. The number of carbonyl (C=O) groups excluding carboxylic acids is 1. The molecule has 0 saturated carbocycles. The number of likely N-dealkylation sites (tertiary alicyclic amines) is 1. The molecular formula is C16H21N3O3S. The number of ether oxygens (including phenoxy) is 1. The van der Waals surface area contributed by atoms with Crippen molar-refractivity contribution in [3.63, 3.8) is 0 Å². The Morgan fingerprint density at radius 1 is 1.39 bits per heavy atom. The number of benzene rings is 1. The fourth-order valence-electron chi connectivity index (χ4n) is 2.58. The molecule has 2 heterocycles. The first-order chi connectivity index (χ1) is 10.8. The maximum Gasteiger partial charge on any atom is 0.410 e. The number of aromatic nitrogens is 2. The van der Waals surface area contributed by atoms with Gasteiger partial charge < -0.3 is 14.6 Å². The van der Waals surface area contributed by atoms with Gasteiger partial charge in [-0.2, -0.15) is 0 Å². The summed E-state index contributed by atoms with van der Waals surface area (Å²) in [6, 6.07) is 7.60. The van der Waals surface area contributed by atoms with Crippen molar-refractivity contribution in [2.24, 2.45) is 0 Å². The molecule has 0 radical (unpaired) electrons. The molecule has 3 rings (SSSR count). The molecule has 1 aliphatic heterocycles. The van der Waals surface area contributed by atoms with E-state index in [2.05, 4.69) is 9.97 Å². The molecule has 1 fully saturated rings. The van der Waals surface area contributed by atoms with E-state index in [1.165, 1.54) is 0 Å². The zero-order chi connectivity index (χ0) is 16.6. The van der Waals surface area contributed by atoms with Crippen LogP contribution in [-0.4, -0.2) is 49.1 Å². The van der Waals surface area contributed by atoms with Gasteiger partial charge in [0.1, 0.15) is 5.60 Å². The number of H-pyrrole nitrogens is 1. The minimum atomic E-state index is -1.27. The summed E-state index contributed by atoms with van der Waals surface area (Å²) in [7, 11) is -1.27. The number of hydrogen-bond donors (Lipinski definition) is 1. The number of fused-ring (bicyclic) bond motifs is 1. The average Bonchev–Trinajstić information content (AvgIpc) is 3.11. The van der Waals surface area contributed by atoms with Crippen LogP contribution < -0.4 is 0 Å². The molecule has 0 bridgehead atoms.